The summed E-state index contributed by atoms with van der Waals surface area (Å²) in [4.78, 5) is 26.7. The second kappa shape index (κ2) is 8.51. The van der Waals surface area contributed by atoms with Gasteiger partial charge in [-0.05, 0) is 31.0 Å². The standard InChI is InChI=1S/C20H22N6O3/c21-9-15-1-2-18(23-10-15)24-11-16-3-5-20(29-16)12-26(7-8-28-13-20)19(27)17-4-6-22-14-25-17/h1-2,4,6,10,14,16H,3,5,7-8,11-13H2,(H,23,24)/t16-,20+/m0/s1. The SMILES string of the molecule is N#Cc1ccc(NC[C@@H]2CC[C@@]3(COCCN(C(=O)c4ccncn4)C3)O2)nc1. The Morgan fingerprint density at radius 1 is 1.38 bits per heavy atom. The number of amides is 1. The van der Waals surface area contributed by atoms with Crippen molar-refractivity contribution in [2.24, 2.45) is 0 Å². The molecule has 2 saturated heterocycles. The Balaban J connectivity index is 1.37. The van der Waals surface area contributed by atoms with E-state index in [2.05, 4.69) is 26.3 Å². The van der Waals surface area contributed by atoms with E-state index in [-0.39, 0.29) is 12.0 Å². The minimum Gasteiger partial charge on any atom is -0.377 e. The number of nitrogens with one attached hydrogen (secondary N) is 1. The lowest BCUT2D eigenvalue weighted by molar-refractivity contribution is -0.0802. The van der Waals surface area contributed by atoms with Gasteiger partial charge in [-0.1, -0.05) is 0 Å². The van der Waals surface area contributed by atoms with Gasteiger partial charge < -0.3 is 19.7 Å². The van der Waals surface area contributed by atoms with E-state index < -0.39 is 5.60 Å². The molecule has 2 atom stereocenters. The molecule has 1 spiro atoms. The Hall–Kier alpha value is -3.09. The number of nitriles is 1. The van der Waals surface area contributed by atoms with E-state index in [1.54, 1.807) is 29.3 Å². The van der Waals surface area contributed by atoms with Crippen LogP contribution < -0.4 is 5.32 Å². The topological polar surface area (TPSA) is 113 Å². The minimum absolute atomic E-state index is 0.00912. The Labute approximate surface area is 168 Å². The third kappa shape index (κ3) is 4.50. The lowest BCUT2D eigenvalue weighted by Crippen LogP contribution is -2.47. The summed E-state index contributed by atoms with van der Waals surface area (Å²) in [6.45, 7) is 2.51. The van der Waals surface area contributed by atoms with Crippen molar-refractivity contribution in [1.82, 2.24) is 19.9 Å². The minimum atomic E-state index is -0.510. The van der Waals surface area contributed by atoms with Gasteiger partial charge in [-0.2, -0.15) is 5.26 Å². The van der Waals surface area contributed by atoms with Crippen LogP contribution in [0.5, 0.6) is 0 Å². The maximum atomic E-state index is 12.8. The summed E-state index contributed by atoms with van der Waals surface area (Å²) in [5.74, 6) is 0.565. The molecule has 0 saturated carbocycles. The predicted molar refractivity (Wildman–Crippen MR) is 103 cm³/mol. The smallest absolute Gasteiger partial charge is 0.272 e. The van der Waals surface area contributed by atoms with Crippen LogP contribution in [0.15, 0.2) is 36.9 Å². The van der Waals surface area contributed by atoms with Gasteiger partial charge in [0, 0.05) is 25.5 Å². The molecule has 2 aliphatic rings. The molecule has 0 aliphatic carbocycles. The number of aromatic nitrogens is 3. The number of hydrogen-bond donors (Lipinski definition) is 1. The molecule has 4 heterocycles. The molecule has 0 radical (unpaired) electrons. The number of nitrogens with zero attached hydrogens (tertiary/aromatic N) is 5. The van der Waals surface area contributed by atoms with E-state index in [1.807, 2.05) is 0 Å². The van der Waals surface area contributed by atoms with E-state index in [0.29, 0.717) is 49.9 Å². The molecule has 9 heteroatoms. The summed E-state index contributed by atoms with van der Waals surface area (Å²) in [5.41, 5.74) is 0.389. The van der Waals surface area contributed by atoms with Crippen molar-refractivity contribution in [2.75, 3.05) is 38.2 Å². The number of carbonyl (C=O) groups is 1. The van der Waals surface area contributed by atoms with E-state index in [9.17, 15) is 4.79 Å². The fourth-order valence-electron chi connectivity index (χ4n) is 3.70. The average Bonchev–Trinajstić information content (AvgIpc) is 3.05. The molecule has 1 amide bonds. The molecule has 2 aromatic heterocycles. The van der Waals surface area contributed by atoms with Crippen LogP contribution in [0.4, 0.5) is 5.82 Å². The molecule has 2 fully saturated rings. The molecule has 9 nitrogen and oxygen atoms in total. The molecule has 1 N–H and O–H groups in total. The molecule has 150 valence electrons. The first-order chi connectivity index (χ1) is 14.2. The summed E-state index contributed by atoms with van der Waals surface area (Å²) in [6, 6.07) is 7.17. The van der Waals surface area contributed by atoms with Crippen LogP contribution in [0, 0.1) is 11.3 Å². The second-order valence-corrected chi connectivity index (χ2v) is 7.26. The highest BCUT2D eigenvalue weighted by molar-refractivity contribution is 5.92. The first kappa shape index (κ1) is 19.2. The molecule has 0 aromatic carbocycles. The summed E-state index contributed by atoms with van der Waals surface area (Å²) < 4.78 is 12.1. The van der Waals surface area contributed by atoms with Crippen LogP contribution in [-0.2, 0) is 9.47 Å². The van der Waals surface area contributed by atoms with Gasteiger partial charge in [0.15, 0.2) is 0 Å². The third-order valence-electron chi connectivity index (χ3n) is 5.18. The Kier molecular flexibility index (Phi) is 5.64. The lowest BCUT2D eigenvalue weighted by Gasteiger charge is -2.31. The summed E-state index contributed by atoms with van der Waals surface area (Å²) in [5, 5.41) is 12.1. The Morgan fingerprint density at radius 3 is 3.07 bits per heavy atom. The van der Waals surface area contributed by atoms with Gasteiger partial charge in [0.1, 0.15) is 29.5 Å². The van der Waals surface area contributed by atoms with Crippen molar-refractivity contribution in [3.8, 4) is 6.07 Å². The number of hydrogen-bond acceptors (Lipinski definition) is 8. The van der Waals surface area contributed by atoms with Crippen molar-refractivity contribution >= 4 is 11.7 Å². The van der Waals surface area contributed by atoms with Gasteiger partial charge in [0.2, 0.25) is 0 Å². The van der Waals surface area contributed by atoms with Crippen LogP contribution >= 0.6 is 0 Å². The number of rotatable bonds is 4. The van der Waals surface area contributed by atoms with E-state index >= 15 is 0 Å². The second-order valence-electron chi connectivity index (χ2n) is 7.26. The molecule has 4 rings (SSSR count). The molecule has 29 heavy (non-hydrogen) atoms. The predicted octanol–water partition coefficient (Wildman–Crippen LogP) is 1.25. The Bertz CT molecular complexity index is 885. The highest BCUT2D eigenvalue weighted by atomic mass is 16.6. The van der Waals surface area contributed by atoms with Gasteiger partial charge in [-0.3, -0.25) is 4.79 Å². The fourth-order valence-corrected chi connectivity index (χ4v) is 3.70. The zero-order chi connectivity index (χ0) is 20.1. The van der Waals surface area contributed by atoms with Crippen molar-refractivity contribution < 1.29 is 14.3 Å². The molecule has 2 aliphatic heterocycles. The van der Waals surface area contributed by atoms with Gasteiger partial charge in [0.05, 0.1) is 31.4 Å². The van der Waals surface area contributed by atoms with Crippen molar-refractivity contribution in [1.29, 1.82) is 5.26 Å². The van der Waals surface area contributed by atoms with Crippen molar-refractivity contribution in [3.63, 3.8) is 0 Å². The van der Waals surface area contributed by atoms with E-state index in [4.69, 9.17) is 14.7 Å². The first-order valence-electron chi connectivity index (χ1n) is 9.58. The maximum Gasteiger partial charge on any atom is 0.272 e. The zero-order valence-corrected chi connectivity index (χ0v) is 16.0. The molecule has 0 unspecified atom stereocenters. The van der Waals surface area contributed by atoms with Gasteiger partial charge in [-0.15, -0.1) is 0 Å². The average molecular weight is 394 g/mol. The van der Waals surface area contributed by atoms with Gasteiger partial charge >= 0.3 is 0 Å². The quantitative estimate of drug-likeness (QED) is 0.824. The van der Waals surface area contributed by atoms with Gasteiger partial charge in [0.25, 0.3) is 5.91 Å². The first-order valence-corrected chi connectivity index (χ1v) is 9.58. The van der Waals surface area contributed by atoms with Crippen LogP contribution in [-0.4, -0.2) is 70.3 Å². The van der Waals surface area contributed by atoms with E-state index in [0.717, 1.165) is 12.8 Å². The van der Waals surface area contributed by atoms with E-state index in [1.165, 1.54) is 12.5 Å². The van der Waals surface area contributed by atoms with Gasteiger partial charge in [-0.25, -0.2) is 15.0 Å². The summed E-state index contributed by atoms with van der Waals surface area (Å²) >= 11 is 0. The highest BCUT2D eigenvalue weighted by Crippen LogP contribution is 2.33. The highest BCUT2D eigenvalue weighted by Gasteiger charge is 2.44. The van der Waals surface area contributed by atoms with Crippen LogP contribution in [0.25, 0.3) is 0 Å². The lowest BCUT2D eigenvalue weighted by atomic mass is 10.00. The number of carbonyl (C=O) groups excluding carboxylic acids is 1. The van der Waals surface area contributed by atoms with Crippen LogP contribution in [0.3, 0.4) is 0 Å². The normalized spacial score (nSPS) is 24.1. The largest absolute Gasteiger partial charge is 0.377 e. The number of ether oxygens (including phenoxy) is 2. The summed E-state index contributed by atoms with van der Waals surface area (Å²) in [7, 11) is 0. The fraction of sp³-hybridized carbons (Fsp3) is 0.450. The molecule has 0 bridgehead atoms. The van der Waals surface area contributed by atoms with Crippen molar-refractivity contribution in [3.05, 3.63) is 48.2 Å². The Morgan fingerprint density at radius 2 is 2.31 bits per heavy atom. The van der Waals surface area contributed by atoms with Crippen molar-refractivity contribution in [2.45, 2.75) is 24.5 Å². The molecular formula is C20H22N6O3. The molecular weight excluding hydrogens is 372 g/mol. The van der Waals surface area contributed by atoms with Crippen LogP contribution in [0.2, 0.25) is 0 Å². The zero-order valence-electron chi connectivity index (χ0n) is 16.0. The monoisotopic (exact) mass is 394 g/mol. The maximum absolute atomic E-state index is 12.8. The number of anilines is 1. The molecule has 2 aromatic rings. The summed E-state index contributed by atoms with van der Waals surface area (Å²) in [6.07, 6.45) is 6.15. The third-order valence-corrected chi connectivity index (χ3v) is 5.18. The number of pyridine rings is 1. The van der Waals surface area contributed by atoms with Crippen LogP contribution in [0.1, 0.15) is 28.9 Å².